The van der Waals surface area contributed by atoms with Crippen LogP contribution in [-0.2, 0) is 15.0 Å². The number of carbonyl (C=O) groups is 2. The summed E-state index contributed by atoms with van der Waals surface area (Å²) in [6.07, 6.45) is 9.83. The zero-order chi connectivity index (χ0) is 27.5. The lowest BCUT2D eigenvalue weighted by molar-refractivity contribution is -0.135. The Kier molecular flexibility index (Phi) is 12.4. The summed E-state index contributed by atoms with van der Waals surface area (Å²) in [5, 5.41) is 1.51. The summed E-state index contributed by atoms with van der Waals surface area (Å²) in [4.78, 5) is 24.6. The van der Waals surface area contributed by atoms with Gasteiger partial charge in [0.25, 0.3) is 0 Å². The monoisotopic (exact) mass is 604 g/mol. The van der Waals surface area contributed by atoms with Crippen LogP contribution in [0.2, 0.25) is 0 Å². The Hall–Kier alpha value is -1.22. The lowest BCUT2D eigenvalue weighted by Gasteiger charge is -2.26. The van der Waals surface area contributed by atoms with Gasteiger partial charge in [0, 0.05) is 40.3 Å². The Morgan fingerprint density at radius 2 is 1.10 bits per heavy atom. The summed E-state index contributed by atoms with van der Waals surface area (Å²) in [5.74, 6) is 3.37. The van der Waals surface area contributed by atoms with Crippen LogP contribution in [0, 0.1) is 0 Å². The van der Waals surface area contributed by atoms with Crippen molar-refractivity contribution in [2.45, 2.75) is 94.0 Å². The summed E-state index contributed by atoms with van der Waals surface area (Å²) in [5.41, 5.74) is 1.99. The standard InChI is InChI=1S/C31H40O4S4/c1-31(2,23-11-15-25(16-12-23)34-29(32)9-5-3-7-27-19-21-36-38-27)24-13-17-26(18-14-24)35-30(33)10-6-4-8-28-20-22-37-39-28/h11-18,27-28H,3-10,19-22H2,1-2H3. The average Bonchev–Trinajstić information content (AvgIpc) is 3.65. The second kappa shape index (κ2) is 15.7. The predicted molar refractivity (Wildman–Crippen MR) is 170 cm³/mol. The van der Waals surface area contributed by atoms with Gasteiger partial charge < -0.3 is 9.47 Å². The van der Waals surface area contributed by atoms with Crippen molar-refractivity contribution in [3.05, 3.63) is 59.7 Å². The van der Waals surface area contributed by atoms with Crippen LogP contribution in [0.4, 0.5) is 0 Å². The fourth-order valence-corrected chi connectivity index (χ4v) is 10.9. The minimum atomic E-state index is -0.252. The van der Waals surface area contributed by atoms with Gasteiger partial charge in [-0.1, -0.05) is 94.1 Å². The van der Waals surface area contributed by atoms with E-state index in [4.69, 9.17) is 9.47 Å². The van der Waals surface area contributed by atoms with Crippen LogP contribution >= 0.6 is 43.2 Å². The Labute approximate surface area is 249 Å². The van der Waals surface area contributed by atoms with Crippen molar-refractivity contribution in [2.24, 2.45) is 0 Å². The second-order valence-electron chi connectivity index (χ2n) is 10.8. The van der Waals surface area contributed by atoms with Gasteiger partial charge in [-0.3, -0.25) is 9.59 Å². The fraction of sp³-hybridized carbons (Fsp3) is 0.548. The molecule has 2 unspecified atom stereocenters. The van der Waals surface area contributed by atoms with E-state index < -0.39 is 0 Å². The van der Waals surface area contributed by atoms with Crippen molar-refractivity contribution in [3.8, 4) is 11.5 Å². The normalized spacial score (nSPS) is 19.2. The van der Waals surface area contributed by atoms with Crippen LogP contribution < -0.4 is 9.47 Å². The maximum Gasteiger partial charge on any atom is 0.311 e. The van der Waals surface area contributed by atoms with E-state index in [1.807, 2.05) is 91.7 Å². The van der Waals surface area contributed by atoms with Gasteiger partial charge in [-0.2, -0.15) is 0 Å². The summed E-state index contributed by atoms with van der Waals surface area (Å²) >= 11 is 0. The highest BCUT2D eigenvalue weighted by Gasteiger charge is 2.24. The van der Waals surface area contributed by atoms with Crippen molar-refractivity contribution in [3.63, 3.8) is 0 Å². The van der Waals surface area contributed by atoms with E-state index in [9.17, 15) is 9.59 Å². The Bertz CT molecular complexity index is 960. The van der Waals surface area contributed by atoms with Crippen LogP contribution in [0.25, 0.3) is 0 Å². The average molecular weight is 605 g/mol. The smallest absolute Gasteiger partial charge is 0.311 e. The molecule has 8 heteroatoms. The zero-order valence-corrected chi connectivity index (χ0v) is 26.3. The van der Waals surface area contributed by atoms with E-state index in [2.05, 4.69) is 13.8 Å². The molecule has 0 bridgehead atoms. The molecule has 0 saturated carbocycles. The van der Waals surface area contributed by atoms with Gasteiger partial charge in [0.1, 0.15) is 11.5 Å². The molecule has 2 aromatic carbocycles. The third kappa shape index (κ3) is 9.98. The summed E-state index contributed by atoms with van der Waals surface area (Å²) in [6, 6.07) is 15.6. The number of hydrogen-bond donors (Lipinski definition) is 0. The largest absolute Gasteiger partial charge is 0.427 e. The molecule has 4 nitrogen and oxygen atoms in total. The van der Waals surface area contributed by atoms with Crippen LogP contribution in [0.3, 0.4) is 0 Å². The Morgan fingerprint density at radius 1 is 0.692 bits per heavy atom. The van der Waals surface area contributed by atoms with E-state index in [1.54, 1.807) is 0 Å². The predicted octanol–water partition coefficient (Wildman–Crippen LogP) is 9.25. The summed E-state index contributed by atoms with van der Waals surface area (Å²) in [6.45, 7) is 4.33. The molecule has 0 N–H and O–H groups in total. The number of rotatable bonds is 14. The van der Waals surface area contributed by atoms with Gasteiger partial charge in [-0.05, 0) is 73.9 Å². The number of benzene rings is 2. The first-order valence-electron chi connectivity index (χ1n) is 14.1. The molecule has 0 amide bonds. The molecule has 2 saturated heterocycles. The van der Waals surface area contributed by atoms with Crippen molar-refractivity contribution in [1.29, 1.82) is 0 Å². The molecule has 0 aromatic heterocycles. The van der Waals surface area contributed by atoms with Crippen LogP contribution in [0.15, 0.2) is 48.5 Å². The molecule has 2 heterocycles. The molecule has 2 aromatic rings. The van der Waals surface area contributed by atoms with Gasteiger partial charge >= 0.3 is 11.9 Å². The third-order valence-electron chi connectivity index (χ3n) is 7.38. The maximum absolute atomic E-state index is 12.3. The van der Waals surface area contributed by atoms with Gasteiger partial charge in [-0.15, -0.1) is 0 Å². The van der Waals surface area contributed by atoms with Crippen LogP contribution in [-0.4, -0.2) is 33.9 Å². The SMILES string of the molecule is CC(C)(c1ccc(OC(=O)CCCCC2CCSS2)cc1)c1ccc(OC(=O)CCCCC2CCSS2)cc1. The molecular formula is C31H40O4S4. The van der Waals surface area contributed by atoms with Gasteiger partial charge in [0.2, 0.25) is 0 Å². The van der Waals surface area contributed by atoms with Crippen LogP contribution in [0.1, 0.15) is 89.2 Å². The zero-order valence-electron chi connectivity index (χ0n) is 23.0. The van der Waals surface area contributed by atoms with Crippen LogP contribution in [0.5, 0.6) is 11.5 Å². The van der Waals surface area contributed by atoms with Crippen molar-refractivity contribution in [2.75, 3.05) is 11.5 Å². The number of hydrogen-bond acceptors (Lipinski definition) is 8. The molecule has 2 aliphatic heterocycles. The lowest BCUT2D eigenvalue weighted by atomic mass is 9.78. The van der Waals surface area contributed by atoms with Crippen molar-refractivity contribution in [1.82, 2.24) is 0 Å². The third-order valence-corrected chi connectivity index (χ3v) is 13.4. The first-order chi connectivity index (χ1) is 18.9. The molecule has 212 valence electrons. The lowest BCUT2D eigenvalue weighted by Crippen LogP contribution is -2.19. The van der Waals surface area contributed by atoms with E-state index in [0.717, 1.165) is 47.3 Å². The quantitative estimate of drug-likeness (QED) is 0.0915. The van der Waals surface area contributed by atoms with E-state index in [0.29, 0.717) is 24.3 Å². The highest BCUT2D eigenvalue weighted by atomic mass is 33.1. The summed E-state index contributed by atoms with van der Waals surface area (Å²) < 4.78 is 11.1. The highest BCUT2D eigenvalue weighted by Crippen LogP contribution is 2.40. The fourth-order valence-electron chi connectivity index (χ4n) is 4.82. The molecule has 4 rings (SSSR count). The molecule has 39 heavy (non-hydrogen) atoms. The minimum Gasteiger partial charge on any atom is -0.427 e. The van der Waals surface area contributed by atoms with E-state index in [1.165, 1.54) is 37.2 Å². The molecule has 2 aliphatic rings. The molecule has 0 aliphatic carbocycles. The van der Waals surface area contributed by atoms with Crippen molar-refractivity contribution < 1.29 is 19.1 Å². The highest BCUT2D eigenvalue weighted by molar-refractivity contribution is 8.77. The maximum atomic E-state index is 12.3. The Morgan fingerprint density at radius 3 is 1.46 bits per heavy atom. The van der Waals surface area contributed by atoms with E-state index >= 15 is 0 Å². The minimum absolute atomic E-state index is 0.160. The second-order valence-corrected chi connectivity index (χ2v) is 16.3. The number of unbranched alkanes of at least 4 members (excludes halogenated alkanes) is 2. The number of ether oxygens (including phenoxy) is 2. The summed E-state index contributed by atoms with van der Waals surface area (Å²) in [7, 11) is 7.92. The number of carbonyl (C=O) groups excluding carboxylic acids is 2. The first kappa shape index (κ1) is 30.7. The molecule has 0 radical (unpaired) electrons. The molecule has 2 atom stereocenters. The molecule has 2 fully saturated rings. The van der Waals surface area contributed by atoms with Gasteiger partial charge in [0.05, 0.1) is 0 Å². The van der Waals surface area contributed by atoms with Gasteiger partial charge in [0.15, 0.2) is 0 Å². The molecular weight excluding hydrogens is 565 g/mol. The first-order valence-corrected chi connectivity index (χ1v) is 18.9. The number of esters is 2. The Balaban J connectivity index is 1.19. The van der Waals surface area contributed by atoms with E-state index in [-0.39, 0.29) is 17.4 Å². The topological polar surface area (TPSA) is 52.6 Å². The molecule has 0 spiro atoms. The van der Waals surface area contributed by atoms with Gasteiger partial charge in [-0.25, -0.2) is 0 Å². The van der Waals surface area contributed by atoms with Crippen molar-refractivity contribution >= 4 is 55.1 Å².